The molecule has 0 spiro atoms. The average molecular weight is 353 g/mol. The van der Waals surface area contributed by atoms with Crippen LogP contribution >= 0.6 is 15.9 Å². The Bertz CT molecular complexity index is 609. The van der Waals surface area contributed by atoms with Crippen molar-refractivity contribution in [2.45, 2.75) is 4.90 Å². The molecule has 0 bridgehead atoms. The zero-order valence-corrected chi connectivity index (χ0v) is 14.1. The fourth-order valence-electron chi connectivity index (χ4n) is 0.868. The summed E-state index contributed by atoms with van der Waals surface area (Å²) in [6.45, 7) is 0. The first-order valence-corrected chi connectivity index (χ1v) is 7.76. The van der Waals surface area contributed by atoms with E-state index in [1.165, 1.54) is 0 Å². The number of halogens is 1. The Balaban J connectivity index is 0.00000256. The molecule has 0 aliphatic heterocycles. The second kappa shape index (κ2) is 6.00. The van der Waals surface area contributed by atoms with E-state index in [-0.39, 0.29) is 39.8 Å². The van der Waals surface area contributed by atoms with E-state index in [4.69, 9.17) is 0 Å². The Morgan fingerprint density at radius 3 is 2.12 bits per heavy atom. The summed E-state index contributed by atoms with van der Waals surface area (Å²) >= 11 is 2.90. The van der Waals surface area contributed by atoms with Crippen LogP contribution in [0.4, 0.5) is 0 Å². The molecule has 0 heterocycles. The third-order valence-electron chi connectivity index (χ3n) is 1.43. The fraction of sp³-hybridized carbons (Fsp3) is 0.143. The maximum atomic E-state index is 10.8. The molecule has 1 aromatic rings. The van der Waals surface area contributed by atoms with Gasteiger partial charge in [-0.15, -0.1) is 0 Å². The normalized spacial score (nSPS) is 11.7. The van der Waals surface area contributed by atoms with Crippen LogP contribution in [0.5, 0.6) is 5.75 Å². The van der Waals surface area contributed by atoms with Gasteiger partial charge in [-0.05, 0) is 34.1 Å². The summed E-state index contributed by atoms with van der Waals surface area (Å²) in [5.74, 6) is -0.0881. The standard InChI is InChI=1S/C7H7BrO6S2.Na/c1-15(9,10)14-7-3-2-5(4-6(7)8)16(11,12)13;/h2-4H,1H3,(H,11,12,13);/q;+1/p-1. The van der Waals surface area contributed by atoms with Crippen molar-refractivity contribution in [3.8, 4) is 5.75 Å². The molecule has 0 saturated carbocycles. The molecule has 0 unspecified atom stereocenters. The minimum absolute atomic E-state index is 0. The first-order valence-electron chi connectivity index (χ1n) is 3.74. The van der Waals surface area contributed by atoms with Gasteiger partial charge in [0.1, 0.15) is 10.1 Å². The first kappa shape index (κ1) is 17.4. The van der Waals surface area contributed by atoms with Gasteiger partial charge in [-0.2, -0.15) is 8.42 Å². The molecule has 0 N–H and O–H groups in total. The van der Waals surface area contributed by atoms with E-state index < -0.39 is 25.1 Å². The first-order chi connectivity index (χ1) is 7.09. The van der Waals surface area contributed by atoms with Crippen molar-refractivity contribution in [2.75, 3.05) is 6.26 Å². The quantitative estimate of drug-likeness (QED) is 0.344. The second-order valence-electron chi connectivity index (χ2n) is 2.83. The molecule has 90 valence electrons. The van der Waals surface area contributed by atoms with Crippen molar-refractivity contribution >= 4 is 36.2 Å². The fourth-order valence-corrected chi connectivity index (χ4v) is 2.55. The van der Waals surface area contributed by atoms with Crippen LogP contribution < -0.4 is 33.7 Å². The van der Waals surface area contributed by atoms with Gasteiger partial charge in [-0.3, -0.25) is 0 Å². The Labute approximate surface area is 130 Å². The Kier molecular flexibility index (Phi) is 6.13. The summed E-state index contributed by atoms with van der Waals surface area (Å²) in [5.41, 5.74) is 0. The van der Waals surface area contributed by atoms with Gasteiger partial charge in [-0.25, -0.2) is 8.42 Å². The third kappa shape index (κ3) is 5.69. The minimum atomic E-state index is -4.57. The van der Waals surface area contributed by atoms with E-state index in [9.17, 15) is 21.4 Å². The molecular weight excluding hydrogens is 347 g/mol. The predicted octanol–water partition coefficient (Wildman–Crippen LogP) is -2.30. The Morgan fingerprint density at radius 1 is 1.24 bits per heavy atom. The van der Waals surface area contributed by atoms with Crippen LogP contribution in [0, 0.1) is 0 Å². The van der Waals surface area contributed by atoms with E-state index in [0.717, 1.165) is 24.5 Å². The van der Waals surface area contributed by atoms with E-state index in [1.54, 1.807) is 0 Å². The van der Waals surface area contributed by atoms with Crippen molar-refractivity contribution in [1.82, 2.24) is 0 Å². The molecule has 0 amide bonds. The van der Waals surface area contributed by atoms with Crippen LogP contribution in [0.2, 0.25) is 0 Å². The molecule has 1 aromatic carbocycles. The Morgan fingerprint density at radius 2 is 1.76 bits per heavy atom. The van der Waals surface area contributed by atoms with Gasteiger partial charge in [0.2, 0.25) is 0 Å². The van der Waals surface area contributed by atoms with E-state index in [0.29, 0.717) is 0 Å². The Hall–Kier alpha value is 0.360. The molecule has 17 heavy (non-hydrogen) atoms. The number of hydrogen-bond donors (Lipinski definition) is 0. The molecule has 0 aliphatic rings. The number of hydrogen-bond acceptors (Lipinski definition) is 6. The molecule has 0 aromatic heterocycles. The van der Waals surface area contributed by atoms with Crippen molar-refractivity contribution in [1.29, 1.82) is 0 Å². The summed E-state index contributed by atoms with van der Waals surface area (Å²) in [5, 5.41) is 0. The largest absolute Gasteiger partial charge is 1.00 e. The van der Waals surface area contributed by atoms with Gasteiger partial charge < -0.3 is 8.74 Å². The summed E-state index contributed by atoms with van der Waals surface area (Å²) in [7, 11) is -8.28. The van der Waals surface area contributed by atoms with Crippen LogP contribution in [0.1, 0.15) is 0 Å². The third-order valence-corrected chi connectivity index (χ3v) is 3.37. The molecule has 6 nitrogen and oxygen atoms in total. The van der Waals surface area contributed by atoms with Gasteiger partial charge in [0.15, 0.2) is 5.75 Å². The maximum absolute atomic E-state index is 10.8. The van der Waals surface area contributed by atoms with Crippen LogP contribution in [0.15, 0.2) is 27.6 Å². The maximum Gasteiger partial charge on any atom is 1.00 e. The summed E-state index contributed by atoms with van der Waals surface area (Å²) in [6, 6.07) is 3.02. The van der Waals surface area contributed by atoms with E-state index in [2.05, 4.69) is 20.1 Å². The SMILES string of the molecule is CS(=O)(=O)Oc1ccc(S(=O)(=O)[O-])cc1Br.[Na+]. The average Bonchev–Trinajstić information content (AvgIpc) is 2.04. The smallest absolute Gasteiger partial charge is 0.744 e. The molecule has 10 heteroatoms. The summed E-state index contributed by atoms with van der Waals surface area (Å²) < 4.78 is 58.2. The van der Waals surface area contributed by atoms with Crippen molar-refractivity contribution in [2.24, 2.45) is 0 Å². The molecule has 0 atom stereocenters. The van der Waals surface area contributed by atoms with Gasteiger partial charge in [0, 0.05) is 0 Å². The number of rotatable bonds is 3. The van der Waals surface area contributed by atoms with Crippen LogP contribution in [0.25, 0.3) is 0 Å². The molecule has 1 rings (SSSR count). The summed E-state index contributed by atoms with van der Waals surface area (Å²) in [6.07, 6.45) is 0.845. The summed E-state index contributed by atoms with van der Waals surface area (Å²) in [4.78, 5) is -0.472. The van der Waals surface area contributed by atoms with Crippen molar-refractivity contribution in [3.05, 3.63) is 22.7 Å². The van der Waals surface area contributed by atoms with Crippen LogP contribution in [0.3, 0.4) is 0 Å². The zero-order valence-electron chi connectivity index (χ0n) is 8.88. The zero-order chi connectivity index (χ0) is 12.6. The van der Waals surface area contributed by atoms with Gasteiger partial charge in [0.25, 0.3) is 0 Å². The van der Waals surface area contributed by atoms with Crippen LogP contribution in [-0.2, 0) is 20.2 Å². The molecular formula is C7H6BrNaO6S2. The topological polar surface area (TPSA) is 101 Å². The van der Waals surface area contributed by atoms with Gasteiger partial charge >= 0.3 is 39.7 Å². The van der Waals surface area contributed by atoms with Crippen LogP contribution in [-0.4, -0.2) is 27.6 Å². The predicted molar refractivity (Wildman–Crippen MR) is 57.6 cm³/mol. The monoisotopic (exact) mass is 352 g/mol. The molecule has 0 radical (unpaired) electrons. The molecule has 0 aliphatic carbocycles. The second-order valence-corrected chi connectivity index (χ2v) is 6.64. The van der Waals surface area contributed by atoms with Gasteiger partial charge in [0.05, 0.1) is 15.6 Å². The van der Waals surface area contributed by atoms with Gasteiger partial charge in [-0.1, -0.05) is 0 Å². The van der Waals surface area contributed by atoms with Crippen molar-refractivity contribution in [3.63, 3.8) is 0 Å². The van der Waals surface area contributed by atoms with E-state index >= 15 is 0 Å². The number of benzene rings is 1. The van der Waals surface area contributed by atoms with Crippen molar-refractivity contribution < 1.29 is 55.1 Å². The minimum Gasteiger partial charge on any atom is -0.744 e. The van der Waals surface area contributed by atoms with E-state index in [1.807, 2.05) is 0 Å². The molecule has 0 saturated heterocycles. The molecule has 0 fully saturated rings.